The topological polar surface area (TPSA) is 38.0 Å². The van der Waals surface area contributed by atoms with E-state index < -0.39 is 0 Å². The first-order chi connectivity index (χ1) is 8.78. The van der Waals surface area contributed by atoms with Gasteiger partial charge in [-0.05, 0) is 48.7 Å². The van der Waals surface area contributed by atoms with Gasteiger partial charge in [-0.3, -0.25) is 0 Å². The average molecular weight is 240 g/mol. The Kier molecular flexibility index (Phi) is 4.24. The van der Waals surface area contributed by atoms with Crippen LogP contribution in [0.4, 0.5) is 17.1 Å². The fourth-order valence-electron chi connectivity index (χ4n) is 1.92. The second-order valence-electron chi connectivity index (χ2n) is 4.55. The number of nitrogens with two attached hydrogens (primary N) is 1. The van der Waals surface area contributed by atoms with E-state index in [0.29, 0.717) is 0 Å². The average Bonchev–Trinajstić information content (AvgIpc) is 2.38. The minimum Gasteiger partial charge on any atom is -0.399 e. The fourth-order valence-corrected chi connectivity index (χ4v) is 1.92. The summed E-state index contributed by atoms with van der Waals surface area (Å²) in [6.45, 7) is 2.22. The Balaban J connectivity index is 2.02. The molecule has 0 heterocycles. The molecule has 2 heteroatoms. The Morgan fingerprint density at radius 2 is 1.78 bits per heavy atom. The van der Waals surface area contributed by atoms with Crippen LogP contribution in [0.2, 0.25) is 0 Å². The molecule has 2 rings (SSSR count). The van der Waals surface area contributed by atoms with Crippen LogP contribution in [-0.2, 0) is 6.42 Å². The van der Waals surface area contributed by atoms with E-state index >= 15 is 0 Å². The molecule has 0 radical (unpaired) electrons. The largest absolute Gasteiger partial charge is 0.399 e. The van der Waals surface area contributed by atoms with Crippen molar-refractivity contribution >= 4 is 17.1 Å². The Hall–Kier alpha value is -1.96. The molecular weight excluding hydrogens is 220 g/mol. The van der Waals surface area contributed by atoms with Gasteiger partial charge in [-0.15, -0.1) is 0 Å². The summed E-state index contributed by atoms with van der Waals surface area (Å²) in [5.41, 5.74) is 10.0. The van der Waals surface area contributed by atoms with E-state index in [4.69, 9.17) is 5.73 Å². The van der Waals surface area contributed by atoms with Crippen molar-refractivity contribution < 1.29 is 0 Å². The zero-order chi connectivity index (χ0) is 12.8. The van der Waals surface area contributed by atoms with E-state index in [9.17, 15) is 0 Å². The molecule has 0 fully saturated rings. The Labute approximate surface area is 109 Å². The minimum atomic E-state index is 0.777. The lowest BCUT2D eigenvalue weighted by atomic mass is 10.1. The van der Waals surface area contributed by atoms with Gasteiger partial charge in [0, 0.05) is 17.1 Å². The highest BCUT2D eigenvalue weighted by atomic mass is 14.9. The molecule has 18 heavy (non-hydrogen) atoms. The smallest absolute Gasteiger partial charge is 0.0404 e. The van der Waals surface area contributed by atoms with Crippen LogP contribution < -0.4 is 11.1 Å². The van der Waals surface area contributed by atoms with Crippen molar-refractivity contribution in [2.75, 3.05) is 11.1 Å². The van der Waals surface area contributed by atoms with Crippen LogP contribution in [0.15, 0.2) is 48.5 Å². The highest BCUT2D eigenvalue weighted by molar-refractivity contribution is 5.63. The molecule has 0 amide bonds. The highest BCUT2D eigenvalue weighted by Gasteiger charge is 1.96. The summed E-state index contributed by atoms with van der Waals surface area (Å²) >= 11 is 0. The summed E-state index contributed by atoms with van der Waals surface area (Å²) < 4.78 is 0. The highest BCUT2D eigenvalue weighted by Crippen LogP contribution is 2.19. The van der Waals surface area contributed by atoms with Crippen molar-refractivity contribution in [1.29, 1.82) is 0 Å². The Morgan fingerprint density at radius 3 is 2.44 bits per heavy atom. The number of benzene rings is 2. The summed E-state index contributed by atoms with van der Waals surface area (Å²) in [6, 6.07) is 16.4. The summed E-state index contributed by atoms with van der Waals surface area (Å²) in [5, 5.41) is 3.35. The normalized spacial score (nSPS) is 10.3. The number of hydrogen-bond donors (Lipinski definition) is 2. The SMILES string of the molecule is CCCCc1ccc(Nc2cccc(N)c2)cc1. The molecule has 0 bridgehead atoms. The molecule has 94 valence electrons. The van der Waals surface area contributed by atoms with Gasteiger partial charge >= 0.3 is 0 Å². The lowest BCUT2D eigenvalue weighted by Gasteiger charge is -2.08. The van der Waals surface area contributed by atoms with Crippen LogP contribution in [0.1, 0.15) is 25.3 Å². The lowest BCUT2D eigenvalue weighted by Crippen LogP contribution is -1.92. The Bertz CT molecular complexity index is 489. The zero-order valence-electron chi connectivity index (χ0n) is 10.8. The third-order valence-electron chi connectivity index (χ3n) is 2.95. The maximum atomic E-state index is 5.75. The van der Waals surface area contributed by atoms with Gasteiger partial charge in [-0.25, -0.2) is 0 Å². The summed E-state index contributed by atoms with van der Waals surface area (Å²) in [4.78, 5) is 0. The van der Waals surface area contributed by atoms with Crippen LogP contribution >= 0.6 is 0 Å². The van der Waals surface area contributed by atoms with Crippen LogP contribution in [0, 0.1) is 0 Å². The molecule has 0 aliphatic rings. The quantitative estimate of drug-likeness (QED) is 0.762. The zero-order valence-corrected chi connectivity index (χ0v) is 10.8. The summed E-state index contributed by atoms with van der Waals surface area (Å²) in [6.07, 6.45) is 3.65. The third kappa shape index (κ3) is 3.52. The molecule has 2 aromatic carbocycles. The molecule has 0 saturated heterocycles. The number of rotatable bonds is 5. The molecule has 2 nitrogen and oxygen atoms in total. The third-order valence-corrected chi connectivity index (χ3v) is 2.95. The van der Waals surface area contributed by atoms with Gasteiger partial charge in [0.05, 0.1) is 0 Å². The minimum absolute atomic E-state index is 0.777. The molecule has 2 aromatic rings. The number of nitrogens with one attached hydrogen (secondary N) is 1. The van der Waals surface area contributed by atoms with Gasteiger partial charge in [0.2, 0.25) is 0 Å². The van der Waals surface area contributed by atoms with Gasteiger partial charge in [0.1, 0.15) is 0 Å². The van der Waals surface area contributed by atoms with Crippen LogP contribution in [-0.4, -0.2) is 0 Å². The number of nitrogen functional groups attached to an aromatic ring is 1. The molecule has 0 saturated carbocycles. The van der Waals surface area contributed by atoms with Gasteiger partial charge < -0.3 is 11.1 Å². The van der Waals surface area contributed by atoms with E-state index in [0.717, 1.165) is 23.5 Å². The van der Waals surface area contributed by atoms with Crippen LogP contribution in [0.25, 0.3) is 0 Å². The van der Waals surface area contributed by atoms with Crippen LogP contribution in [0.3, 0.4) is 0 Å². The predicted octanol–water partition coefficient (Wildman–Crippen LogP) is 4.36. The predicted molar refractivity (Wildman–Crippen MR) is 79.2 cm³/mol. The number of unbranched alkanes of at least 4 members (excludes halogenated alkanes) is 1. The van der Waals surface area contributed by atoms with Gasteiger partial charge in [0.15, 0.2) is 0 Å². The van der Waals surface area contributed by atoms with E-state index in [1.54, 1.807) is 0 Å². The maximum absolute atomic E-state index is 5.75. The van der Waals surface area contributed by atoms with Gasteiger partial charge in [-0.1, -0.05) is 31.5 Å². The summed E-state index contributed by atoms with van der Waals surface area (Å²) in [5.74, 6) is 0. The standard InChI is InChI=1S/C16H20N2/c1-2-3-5-13-8-10-15(11-9-13)18-16-7-4-6-14(17)12-16/h4,6-12,18H,2-3,5,17H2,1H3. The van der Waals surface area contributed by atoms with E-state index in [-0.39, 0.29) is 0 Å². The van der Waals surface area contributed by atoms with Gasteiger partial charge in [0.25, 0.3) is 0 Å². The maximum Gasteiger partial charge on any atom is 0.0404 e. The molecule has 0 atom stereocenters. The molecule has 0 aliphatic carbocycles. The van der Waals surface area contributed by atoms with Crippen molar-refractivity contribution in [1.82, 2.24) is 0 Å². The van der Waals surface area contributed by atoms with Crippen LogP contribution in [0.5, 0.6) is 0 Å². The molecular formula is C16H20N2. The second-order valence-corrected chi connectivity index (χ2v) is 4.55. The van der Waals surface area contributed by atoms with Crippen molar-refractivity contribution in [2.24, 2.45) is 0 Å². The summed E-state index contributed by atoms with van der Waals surface area (Å²) in [7, 11) is 0. The van der Waals surface area contributed by atoms with Crippen molar-refractivity contribution in [3.63, 3.8) is 0 Å². The number of anilines is 3. The van der Waals surface area contributed by atoms with E-state index in [2.05, 4.69) is 36.5 Å². The molecule has 3 N–H and O–H groups in total. The van der Waals surface area contributed by atoms with Gasteiger partial charge in [-0.2, -0.15) is 0 Å². The lowest BCUT2D eigenvalue weighted by molar-refractivity contribution is 0.795. The number of aryl methyl sites for hydroxylation is 1. The van der Waals surface area contributed by atoms with E-state index in [1.165, 1.54) is 18.4 Å². The first-order valence-electron chi connectivity index (χ1n) is 6.49. The van der Waals surface area contributed by atoms with E-state index in [1.807, 2.05) is 24.3 Å². The molecule has 0 spiro atoms. The van der Waals surface area contributed by atoms with Crippen molar-refractivity contribution in [3.8, 4) is 0 Å². The monoisotopic (exact) mass is 240 g/mol. The van der Waals surface area contributed by atoms with Crippen molar-refractivity contribution in [3.05, 3.63) is 54.1 Å². The molecule has 0 aliphatic heterocycles. The first-order valence-corrected chi connectivity index (χ1v) is 6.49. The number of hydrogen-bond acceptors (Lipinski definition) is 2. The molecule has 0 aromatic heterocycles. The second kappa shape index (κ2) is 6.10. The fraction of sp³-hybridized carbons (Fsp3) is 0.250. The van der Waals surface area contributed by atoms with Crippen molar-refractivity contribution in [2.45, 2.75) is 26.2 Å². The Morgan fingerprint density at radius 1 is 1.00 bits per heavy atom. The first kappa shape index (κ1) is 12.5. The molecule has 0 unspecified atom stereocenters.